The number of rotatable bonds is 3. The average molecular weight is 429 g/mol. The van der Waals surface area contributed by atoms with Crippen LogP contribution >= 0.6 is 0 Å². The van der Waals surface area contributed by atoms with E-state index in [2.05, 4.69) is 0 Å². The van der Waals surface area contributed by atoms with Gasteiger partial charge in [-0.3, -0.25) is 9.59 Å². The minimum atomic E-state index is -3.85. The summed E-state index contributed by atoms with van der Waals surface area (Å²) in [5, 5.41) is 0. The van der Waals surface area contributed by atoms with E-state index in [1.54, 1.807) is 6.07 Å². The number of hydrogen-bond donors (Lipinski definition) is 0. The molecule has 1 saturated heterocycles. The van der Waals surface area contributed by atoms with Gasteiger partial charge in [-0.25, -0.2) is 8.42 Å². The third kappa shape index (κ3) is 3.19. The van der Waals surface area contributed by atoms with Crippen LogP contribution in [0.5, 0.6) is 0 Å². The first-order valence-corrected chi connectivity index (χ1v) is 11.1. The molecule has 8 nitrogen and oxygen atoms in total. The fourth-order valence-electron chi connectivity index (χ4n) is 3.98. The minimum absolute atomic E-state index is 0.0733. The maximum atomic E-state index is 13.5. The van der Waals surface area contributed by atoms with E-state index in [1.807, 2.05) is 37.3 Å². The monoisotopic (exact) mass is 429 g/mol. The summed E-state index contributed by atoms with van der Waals surface area (Å²) in [5.74, 6) is 0. The van der Waals surface area contributed by atoms with Crippen molar-refractivity contribution in [2.24, 2.45) is 14.1 Å². The molecule has 2 heterocycles. The second-order valence-corrected chi connectivity index (χ2v) is 9.33. The van der Waals surface area contributed by atoms with Gasteiger partial charge in [-0.05, 0) is 30.7 Å². The molecule has 1 aliphatic rings. The quantitative estimate of drug-likeness (QED) is 0.587. The molecule has 0 radical (unpaired) electrons. The van der Waals surface area contributed by atoms with Crippen LogP contribution < -0.4 is 11.1 Å². The Hall–Kier alpha value is -2.75. The predicted octanol–water partition coefficient (Wildman–Crippen LogP) is 1.39. The van der Waals surface area contributed by atoms with Crippen molar-refractivity contribution in [2.75, 3.05) is 13.2 Å². The van der Waals surface area contributed by atoms with Crippen molar-refractivity contribution in [2.45, 2.75) is 24.0 Å². The van der Waals surface area contributed by atoms with E-state index in [4.69, 9.17) is 4.74 Å². The molecule has 2 unspecified atom stereocenters. The largest absolute Gasteiger partial charge is 0.370 e. The average Bonchev–Trinajstić information content (AvgIpc) is 2.76. The molecule has 0 amide bonds. The van der Waals surface area contributed by atoms with E-state index < -0.39 is 27.2 Å². The Labute approximate surface area is 174 Å². The van der Waals surface area contributed by atoms with Gasteiger partial charge in [-0.1, -0.05) is 30.3 Å². The van der Waals surface area contributed by atoms with Gasteiger partial charge in [0.05, 0.1) is 34.7 Å². The summed E-state index contributed by atoms with van der Waals surface area (Å²) in [6, 6.07) is 13.6. The van der Waals surface area contributed by atoms with Crippen molar-refractivity contribution in [3.05, 3.63) is 74.8 Å². The Bertz CT molecular complexity index is 1330. The number of benzene rings is 2. The molecule has 1 fully saturated rings. The number of aromatic nitrogens is 2. The fraction of sp³-hybridized carbons (Fsp3) is 0.333. The van der Waals surface area contributed by atoms with Crippen molar-refractivity contribution in [3.63, 3.8) is 0 Å². The summed E-state index contributed by atoms with van der Waals surface area (Å²) in [5.41, 5.74) is 0.416. The maximum absolute atomic E-state index is 13.5. The van der Waals surface area contributed by atoms with Crippen LogP contribution in [0.25, 0.3) is 11.0 Å². The van der Waals surface area contributed by atoms with E-state index in [0.29, 0.717) is 11.0 Å². The van der Waals surface area contributed by atoms with Gasteiger partial charge in [0.15, 0.2) is 0 Å². The first-order chi connectivity index (χ1) is 14.2. The fourth-order valence-corrected chi connectivity index (χ4v) is 5.61. The van der Waals surface area contributed by atoms with Crippen LogP contribution in [0.1, 0.15) is 18.6 Å². The molecule has 0 bridgehead atoms. The molecule has 2 atom stereocenters. The highest BCUT2D eigenvalue weighted by molar-refractivity contribution is 7.89. The third-order valence-electron chi connectivity index (χ3n) is 5.70. The highest BCUT2D eigenvalue weighted by atomic mass is 32.2. The lowest BCUT2D eigenvalue weighted by molar-refractivity contribution is -0.0361. The Morgan fingerprint density at radius 1 is 0.933 bits per heavy atom. The zero-order chi connectivity index (χ0) is 21.6. The molecule has 0 spiro atoms. The normalized spacial score (nSPS) is 20.5. The van der Waals surface area contributed by atoms with E-state index in [9.17, 15) is 18.0 Å². The Kier molecular flexibility index (Phi) is 5.13. The lowest BCUT2D eigenvalue weighted by atomic mass is 10.0. The number of sulfonamides is 1. The molecular formula is C21H23N3O5S. The van der Waals surface area contributed by atoms with Crippen LogP contribution in [0, 0.1) is 0 Å². The van der Waals surface area contributed by atoms with Crippen molar-refractivity contribution < 1.29 is 13.2 Å². The van der Waals surface area contributed by atoms with Gasteiger partial charge in [-0.2, -0.15) is 4.31 Å². The zero-order valence-electron chi connectivity index (χ0n) is 17.0. The Morgan fingerprint density at radius 3 is 2.23 bits per heavy atom. The van der Waals surface area contributed by atoms with Crippen LogP contribution in [-0.2, 0) is 28.9 Å². The van der Waals surface area contributed by atoms with Gasteiger partial charge < -0.3 is 13.9 Å². The third-order valence-corrected chi connectivity index (χ3v) is 7.68. The molecule has 158 valence electrons. The summed E-state index contributed by atoms with van der Waals surface area (Å²) in [4.78, 5) is 24.3. The van der Waals surface area contributed by atoms with Gasteiger partial charge >= 0.3 is 11.1 Å². The highest BCUT2D eigenvalue weighted by Gasteiger charge is 2.38. The van der Waals surface area contributed by atoms with E-state index >= 15 is 0 Å². The van der Waals surface area contributed by atoms with Crippen LogP contribution in [0.3, 0.4) is 0 Å². The molecule has 30 heavy (non-hydrogen) atoms. The molecule has 9 heteroatoms. The van der Waals surface area contributed by atoms with Gasteiger partial charge in [0.1, 0.15) is 0 Å². The highest BCUT2D eigenvalue weighted by Crippen LogP contribution is 2.32. The summed E-state index contributed by atoms with van der Waals surface area (Å²) >= 11 is 0. The van der Waals surface area contributed by atoms with Crippen LogP contribution in [0.2, 0.25) is 0 Å². The molecule has 0 saturated carbocycles. The summed E-state index contributed by atoms with van der Waals surface area (Å²) in [6.45, 7) is 2.34. The minimum Gasteiger partial charge on any atom is -0.370 e. The first kappa shape index (κ1) is 20.5. The van der Waals surface area contributed by atoms with Crippen LogP contribution in [0.15, 0.2) is 63.0 Å². The number of aryl methyl sites for hydroxylation is 2. The molecule has 4 rings (SSSR count). The number of ether oxygens (including phenoxy) is 1. The van der Waals surface area contributed by atoms with Crippen LogP contribution in [0.4, 0.5) is 0 Å². The number of hydrogen-bond acceptors (Lipinski definition) is 5. The summed E-state index contributed by atoms with van der Waals surface area (Å²) in [6.07, 6.45) is -0.375. The predicted molar refractivity (Wildman–Crippen MR) is 113 cm³/mol. The van der Waals surface area contributed by atoms with Gasteiger partial charge in [-0.15, -0.1) is 0 Å². The number of nitrogens with zero attached hydrogens (tertiary/aromatic N) is 3. The molecular weight excluding hydrogens is 406 g/mol. The van der Waals surface area contributed by atoms with E-state index in [-0.39, 0.29) is 24.2 Å². The van der Waals surface area contributed by atoms with Crippen molar-refractivity contribution in [3.8, 4) is 0 Å². The SMILES string of the molecule is CC1C(c2ccccc2)OCCN1S(=O)(=O)c1ccc2c(c1)n(C)c(=O)c(=O)n2C. The van der Waals surface area contributed by atoms with Crippen molar-refractivity contribution >= 4 is 21.1 Å². The molecule has 0 N–H and O–H groups in total. The van der Waals surface area contributed by atoms with Gasteiger partial charge in [0.25, 0.3) is 0 Å². The lowest BCUT2D eigenvalue weighted by Gasteiger charge is -2.38. The first-order valence-electron chi connectivity index (χ1n) is 9.61. The van der Waals surface area contributed by atoms with Crippen molar-refractivity contribution in [1.82, 2.24) is 13.4 Å². The maximum Gasteiger partial charge on any atom is 0.316 e. The Balaban J connectivity index is 1.79. The van der Waals surface area contributed by atoms with E-state index in [0.717, 1.165) is 5.56 Å². The standard InChI is InChI=1S/C21H23N3O5S/c1-14-19(15-7-5-4-6-8-15)29-12-11-24(14)30(27,28)16-9-10-17-18(13-16)23(3)21(26)20(25)22(17)2/h4-10,13-14,19H,11-12H2,1-3H3. The molecule has 1 aliphatic heterocycles. The molecule has 2 aromatic carbocycles. The summed E-state index contributed by atoms with van der Waals surface area (Å²) in [7, 11) is -0.887. The second kappa shape index (κ2) is 7.50. The molecule has 3 aromatic rings. The van der Waals surface area contributed by atoms with E-state index in [1.165, 1.54) is 39.7 Å². The smallest absolute Gasteiger partial charge is 0.316 e. The Morgan fingerprint density at radius 2 is 1.57 bits per heavy atom. The second-order valence-electron chi connectivity index (χ2n) is 7.44. The lowest BCUT2D eigenvalue weighted by Crippen LogP contribution is -2.48. The van der Waals surface area contributed by atoms with Gasteiger partial charge in [0.2, 0.25) is 10.0 Å². The summed E-state index contributed by atoms with van der Waals surface area (Å²) < 4.78 is 36.7. The topological polar surface area (TPSA) is 90.6 Å². The van der Waals surface area contributed by atoms with Crippen LogP contribution in [-0.4, -0.2) is 41.1 Å². The zero-order valence-corrected chi connectivity index (χ0v) is 17.8. The van der Waals surface area contributed by atoms with Gasteiger partial charge in [0, 0.05) is 20.6 Å². The van der Waals surface area contributed by atoms with Crippen molar-refractivity contribution in [1.29, 1.82) is 0 Å². The molecule has 0 aliphatic carbocycles. The molecule has 1 aromatic heterocycles. The number of morpholine rings is 1. The number of fused-ring (bicyclic) bond motifs is 1.